The Hall–Kier alpha value is -0.950. The molecule has 0 aliphatic carbocycles. The number of nitrogens with zero attached hydrogens (tertiary/aromatic N) is 3. The van der Waals surface area contributed by atoms with E-state index in [1.54, 1.807) is 0 Å². The van der Waals surface area contributed by atoms with Gasteiger partial charge in [0.2, 0.25) is 5.16 Å². The van der Waals surface area contributed by atoms with Crippen LogP contribution in [0.25, 0.3) is 0 Å². The third kappa shape index (κ3) is 1.14. The second-order valence-electron chi connectivity index (χ2n) is 1.68. The second-order valence-corrected chi connectivity index (χ2v) is 2.95. The number of rotatable bonds is 1. The largest absolute Gasteiger partial charge is 0.742 e. The van der Waals surface area contributed by atoms with E-state index >= 15 is 0 Å². The van der Waals surface area contributed by atoms with Crippen molar-refractivity contribution >= 4 is 10.1 Å². The topological polar surface area (TPSA) is 87.9 Å². The Balaban J connectivity index is 3.32. The summed E-state index contributed by atoms with van der Waals surface area (Å²) in [5, 5.41) is 5.76. The summed E-state index contributed by atoms with van der Waals surface area (Å²) in [5.74, 6) is 0. The Morgan fingerprint density at radius 1 is 1.70 bits per heavy atom. The Morgan fingerprint density at radius 2 is 2.30 bits per heavy atom. The number of aryl methyl sites for hydroxylation is 1. The summed E-state index contributed by atoms with van der Waals surface area (Å²) in [4.78, 5) is 0. The van der Waals surface area contributed by atoms with Gasteiger partial charge < -0.3 is 9.12 Å². The first-order chi connectivity index (χ1) is 4.52. The van der Waals surface area contributed by atoms with Crippen molar-refractivity contribution in [1.29, 1.82) is 0 Å². The molecule has 7 heteroatoms. The minimum absolute atomic E-state index is 0.562. The third-order valence-electron chi connectivity index (χ3n) is 0.893. The van der Waals surface area contributed by atoms with Gasteiger partial charge in [-0.1, -0.05) is 0 Å². The van der Waals surface area contributed by atoms with Gasteiger partial charge in [0.25, 0.3) is 0 Å². The average Bonchev–Trinajstić information content (AvgIpc) is 2.11. The molecule has 0 bridgehead atoms. The molecule has 6 nitrogen and oxygen atoms in total. The zero-order valence-electron chi connectivity index (χ0n) is 5.05. The summed E-state index contributed by atoms with van der Waals surface area (Å²) >= 11 is 0. The summed E-state index contributed by atoms with van der Waals surface area (Å²) in [6, 6.07) is 0. The second kappa shape index (κ2) is 2.03. The first-order valence-electron chi connectivity index (χ1n) is 2.31. The molecule has 0 N–H and O–H groups in total. The molecule has 0 aliphatic rings. The average molecular weight is 162 g/mol. The Kier molecular flexibility index (Phi) is 1.45. The first kappa shape index (κ1) is 7.16. The lowest BCUT2D eigenvalue weighted by molar-refractivity contribution is 0.449. The van der Waals surface area contributed by atoms with Crippen LogP contribution in [0.2, 0.25) is 0 Å². The summed E-state index contributed by atoms with van der Waals surface area (Å²) in [7, 11) is -3.07. The molecule has 0 saturated carbocycles. The molecule has 0 fully saturated rings. The molecule has 1 aromatic heterocycles. The van der Waals surface area contributed by atoms with Gasteiger partial charge in [0.1, 0.15) is 6.33 Å². The highest BCUT2D eigenvalue weighted by molar-refractivity contribution is 7.85. The van der Waals surface area contributed by atoms with Gasteiger partial charge in [0, 0.05) is 7.05 Å². The molecule has 1 heterocycles. The van der Waals surface area contributed by atoms with Crippen LogP contribution in [0.3, 0.4) is 0 Å². The van der Waals surface area contributed by atoms with Gasteiger partial charge >= 0.3 is 0 Å². The van der Waals surface area contributed by atoms with Crippen LogP contribution in [0.4, 0.5) is 0 Å². The zero-order valence-corrected chi connectivity index (χ0v) is 5.87. The van der Waals surface area contributed by atoms with E-state index in [1.165, 1.54) is 7.05 Å². The normalized spacial score (nSPS) is 11.8. The predicted molar refractivity (Wildman–Crippen MR) is 29.0 cm³/mol. The molecule has 0 unspecified atom stereocenters. The molecule has 0 amide bonds. The van der Waals surface area contributed by atoms with E-state index in [2.05, 4.69) is 10.2 Å². The molecule has 0 atom stereocenters. The van der Waals surface area contributed by atoms with Crippen molar-refractivity contribution in [2.24, 2.45) is 7.05 Å². The smallest absolute Gasteiger partial charge is 0.236 e. The van der Waals surface area contributed by atoms with Crippen LogP contribution in [0.1, 0.15) is 0 Å². The van der Waals surface area contributed by atoms with Gasteiger partial charge in [-0.25, -0.2) is 8.42 Å². The first-order valence-corrected chi connectivity index (χ1v) is 3.72. The summed E-state index contributed by atoms with van der Waals surface area (Å²) in [6.07, 6.45) is 1.14. The maximum Gasteiger partial charge on any atom is 0.236 e. The van der Waals surface area contributed by atoms with E-state index in [9.17, 15) is 13.0 Å². The highest BCUT2D eigenvalue weighted by atomic mass is 32.2. The van der Waals surface area contributed by atoms with Gasteiger partial charge in [-0.3, -0.25) is 0 Å². The molecule has 0 aliphatic heterocycles. The lowest BCUT2D eigenvalue weighted by atomic mass is 11.1. The Bertz CT molecular complexity index is 327. The fraction of sp³-hybridized carbons (Fsp3) is 0.333. The van der Waals surface area contributed by atoms with Crippen molar-refractivity contribution in [3.63, 3.8) is 0 Å². The van der Waals surface area contributed by atoms with Crippen LogP contribution in [0.5, 0.6) is 0 Å². The van der Waals surface area contributed by atoms with E-state index in [0.717, 1.165) is 10.9 Å². The lowest BCUT2D eigenvalue weighted by Crippen LogP contribution is -2.06. The summed E-state index contributed by atoms with van der Waals surface area (Å²) < 4.78 is 31.8. The minimum Gasteiger partial charge on any atom is -0.742 e. The van der Waals surface area contributed by atoms with E-state index < -0.39 is 15.3 Å². The van der Waals surface area contributed by atoms with Crippen molar-refractivity contribution in [1.82, 2.24) is 14.8 Å². The highest BCUT2D eigenvalue weighted by Gasteiger charge is 2.06. The predicted octanol–water partition coefficient (Wildman–Crippen LogP) is -1.28. The highest BCUT2D eigenvalue weighted by Crippen LogP contribution is 1.99. The standard InChI is InChI=1S/C3H5N3O3S/c1-6-2-4-5-3(6)10(7,8)9/h2H,1H3,(H,7,8,9)/p-1. The van der Waals surface area contributed by atoms with E-state index in [4.69, 9.17) is 0 Å². The van der Waals surface area contributed by atoms with Gasteiger partial charge in [0.05, 0.1) is 0 Å². The molecule has 56 valence electrons. The van der Waals surface area contributed by atoms with Crippen LogP contribution in [-0.4, -0.2) is 27.7 Å². The maximum atomic E-state index is 10.2. The van der Waals surface area contributed by atoms with E-state index in [1.807, 2.05) is 0 Å². The van der Waals surface area contributed by atoms with Gasteiger partial charge in [-0.2, -0.15) is 0 Å². The molecule has 1 rings (SSSR count). The van der Waals surface area contributed by atoms with E-state index in [0.29, 0.717) is 0 Å². The molecular weight excluding hydrogens is 158 g/mol. The van der Waals surface area contributed by atoms with Crippen LogP contribution >= 0.6 is 0 Å². The van der Waals surface area contributed by atoms with Crippen molar-refractivity contribution in [3.8, 4) is 0 Å². The minimum atomic E-state index is -4.45. The Labute approximate surface area is 57.3 Å². The fourth-order valence-electron chi connectivity index (χ4n) is 0.499. The SMILES string of the molecule is Cn1cnnc1S(=O)(=O)[O-]. The fourth-order valence-corrected chi connectivity index (χ4v) is 1.05. The van der Waals surface area contributed by atoms with Gasteiger partial charge in [0.15, 0.2) is 10.1 Å². The van der Waals surface area contributed by atoms with Gasteiger partial charge in [-0.15, -0.1) is 10.2 Å². The van der Waals surface area contributed by atoms with E-state index in [-0.39, 0.29) is 0 Å². The molecule has 0 spiro atoms. The number of hydrogen-bond acceptors (Lipinski definition) is 5. The van der Waals surface area contributed by atoms with Gasteiger partial charge in [-0.05, 0) is 0 Å². The molecule has 0 radical (unpaired) electrons. The summed E-state index contributed by atoms with van der Waals surface area (Å²) in [5.41, 5.74) is 0. The van der Waals surface area contributed by atoms with Crippen LogP contribution in [-0.2, 0) is 17.2 Å². The van der Waals surface area contributed by atoms with Crippen LogP contribution in [0, 0.1) is 0 Å². The number of aromatic nitrogens is 3. The monoisotopic (exact) mass is 162 g/mol. The quantitative estimate of drug-likeness (QED) is 0.480. The summed E-state index contributed by atoms with van der Waals surface area (Å²) in [6.45, 7) is 0. The molecule has 10 heavy (non-hydrogen) atoms. The Morgan fingerprint density at radius 3 is 2.50 bits per heavy atom. The molecule has 1 aromatic rings. The molecular formula is C3H4N3O3S-. The van der Waals surface area contributed by atoms with Crippen molar-refractivity contribution in [2.75, 3.05) is 0 Å². The van der Waals surface area contributed by atoms with Crippen molar-refractivity contribution in [2.45, 2.75) is 5.16 Å². The lowest BCUT2D eigenvalue weighted by Gasteiger charge is -2.02. The third-order valence-corrected chi connectivity index (χ3v) is 1.71. The molecule has 0 aromatic carbocycles. The van der Waals surface area contributed by atoms with Crippen LogP contribution in [0.15, 0.2) is 11.5 Å². The van der Waals surface area contributed by atoms with Crippen molar-refractivity contribution < 1.29 is 13.0 Å². The van der Waals surface area contributed by atoms with Crippen molar-refractivity contribution in [3.05, 3.63) is 6.33 Å². The maximum absolute atomic E-state index is 10.2. The number of hydrogen-bond donors (Lipinski definition) is 0. The van der Waals surface area contributed by atoms with Crippen LogP contribution < -0.4 is 0 Å². The molecule has 0 saturated heterocycles. The zero-order chi connectivity index (χ0) is 7.78.